The zero-order valence-corrected chi connectivity index (χ0v) is 13.7. The van der Waals surface area contributed by atoms with Crippen LogP contribution in [0.2, 0.25) is 0 Å². The quantitative estimate of drug-likeness (QED) is 0.697. The first-order chi connectivity index (χ1) is 9.77. The summed E-state index contributed by atoms with van der Waals surface area (Å²) in [5.41, 5.74) is 5.88. The molecule has 0 aromatic heterocycles. The largest absolute Gasteiger partial charge is 0.328 e. The minimum absolute atomic E-state index is 0.382. The summed E-state index contributed by atoms with van der Waals surface area (Å²) >= 11 is 0. The van der Waals surface area contributed by atoms with Crippen LogP contribution in [0.5, 0.6) is 0 Å². The van der Waals surface area contributed by atoms with Crippen LogP contribution in [-0.2, 0) is 0 Å². The van der Waals surface area contributed by atoms with Gasteiger partial charge in [0, 0.05) is 18.1 Å². The van der Waals surface area contributed by atoms with Crippen molar-refractivity contribution in [1.29, 1.82) is 0 Å². The van der Waals surface area contributed by atoms with Crippen molar-refractivity contribution in [3.63, 3.8) is 0 Å². The second kappa shape index (κ2) is 9.04. The van der Waals surface area contributed by atoms with Crippen LogP contribution in [0.3, 0.4) is 0 Å². The molecule has 2 nitrogen and oxygen atoms in total. The van der Waals surface area contributed by atoms with Gasteiger partial charge in [-0.1, -0.05) is 44.9 Å². The van der Waals surface area contributed by atoms with Crippen molar-refractivity contribution >= 4 is 0 Å². The first-order valence-corrected chi connectivity index (χ1v) is 9.28. The Morgan fingerprint density at radius 2 is 1.35 bits per heavy atom. The van der Waals surface area contributed by atoms with E-state index < -0.39 is 0 Å². The highest BCUT2D eigenvalue weighted by Gasteiger charge is 2.28. The van der Waals surface area contributed by atoms with E-state index in [2.05, 4.69) is 11.8 Å². The molecule has 0 aliphatic heterocycles. The summed E-state index contributed by atoms with van der Waals surface area (Å²) in [6.07, 6.45) is 18.5. The topological polar surface area (TPSA) is 29.3 Å². The van der Waals surface area contributed by atoms with E-state index in [1.165, 1.54) is 90.0 Å². The average Bonchev–Trinajstić information content (AvgIpc) is 2.49. The van der Waals surface area contributed by atoms with Crippen LogP contribution in [0.15, 0.2) is 0 Å². The third-order valence-electron chi connectivity index (χ3n) is 5.41. The molecule has 2 rings (SSSR count). The highest BCUT2D eigenvalue weighted by molar-refractivity contribution is 4.83. The Hall–Kier alpha value is -0.0800. The van der Waals surface area contributed by atoms with Crippen LogP contribution >= 0.6 is 0 Å². The van der Waals surface area contributed by atoms with E-state index in [-0.39, 0.29) is 0 Å². The Bertz CT molecular complexity index is 222. The van der Waals surface area contributed by atoms with Gasteiger partial charge in [-0.25, -0.2) is 0 Å². The summed E-state index contributed by atoms with van der Waals surface area (Å²) in [5, 5.41) is 0. The predicted molar refractivity (Wildman–Crippen MR) is 88.0 cm³/mol. The SMILES string of the molecule is CC(N)CCCCN(C1CCCCC1)C1CCCCC1. The first kappa shape index (κ1) is 16.3. The summed E-state index contributed by atoms with van der Waals surface area (Å²) in [6, 6.07) is 2.19. The molecule has 0 aromatic carbocycles. The Kier molecular flexibility index (Phi) is 7.37. The van der Waals surface area contributed by atoms with Crippen molar-refractivity contribution in [2.45, 2.75) is 109 Å². The highest BCUT2D eigenvalue weighted by Crippen LogP contribution is 2.30. The molecule has 1 atom stereocenters. The van der Waals surface area contributed by atoms with Crippen LogP contribution in [-0.4, -0.2) is 29.6 Å². The molecule has 0 radical (unpaired) electrons. The lowest BCUT2D eigenvalue weighted by atomic mass is 9.88. The Labute approximate surface area is 126 Å². The lowest BCUT2D eigenvalue weighted by Gasteiger charge is -2.42. The van der Waals surface area contributed by atoms with Crippen LogP contribution in [0.4, 0.5) is 0 Å². The van der Waals surface area contributed by atoms with E-state index in [0.29, 0.717) is 6.04 Å². The van der Waals surface area contributed by atoms with Crippen LogP contribution in [0.25, 0.3) is 0 Å². The maximum Gasteiger partial charge on any atom is 0.00981 e. The first-order valence-electron chi connectivity index (χ1n) is 9.28. The minimum atomic E-state index is 0.382. The number of rotatable bonds is 7. The summed E-state index contributed by atoms with van der Waals surface area (Å²) in [6.45, 7) is 3.47. The van der Waals surface area contributed by atoms with Gasteiger partial charge < -0.3 is 5.73 Å². The Morgan fingerprint density at radius 1 is 0.850 bits per heavy atom. The number of hydrogen-bond acceptors (Lipinski definition) is 2. The van der Waals surface area contributed by atoms with Crippen LogP contribution in [0.1, 0.15) is 90.4 Å². The molecule has 0 heterocycles. The number of nitrogens with zero attached hydrogens (tertiary/aromatic N) is 1. The summed E-state index contributed by atoms with van der Waals surface area (Å²) < 4.78 is 0. The standard InChI is InChI=1S/C18H36N2/c1-16(19)10-8-9-15-20(17-11-4-2-5-12-17)18-13-6-3-7-14-18/h16-18H,2-15,19H2,1H3. The maximum atomic E-state index is 5.88. The molecule has 2 fully saturated rings. The lowest BCUT2D eigenvalue weighted by Crippen LogP contribution is -2.45. The molecule has 2 heteroatoms. The molecule has 0 spiro atoms. The maximum absolute atomic E-state index is 5.88. The molecule has 0 amide bonds. The Balaban J connectivity index is 1.81. The molecule has 2 N–H and O–H groups in total. The van der Waals surface area contributed by atoms with Gasteiger partial charge in [0.1, 0.15) is 0 Å². The normalized spacial score (nSPS) is 24.1. The number of hydrogen-bond donors (Lipinski definition) is 1. The predicted octanol–water partition coefficient (Wildman–Crippen LogP) is 4.47. The lowest BCUT2D eigenvalue weighted by molar-refractivity contribution is 0.0787. The van der Waals surface area contributed by atoms with Crippen LogP contribution in [0, 0.1) is 0 Å². The van der Waals surface area contributed by atoms with Gasteiger partial charge in [-0.3, -0.25) is 4.90 Å². The molecule has 0 saturated heterocycles. The van der Waals surface area contributed by atoms with Gasteiger partial charge in [0.15, 0.2) is 0 Å². The fraction of sp³-hybridized carbons (Fsp3) is 1.00. The van der Waals surface area contributed by atoms with Gasteiger partial charge >= 0.3 is 0 Å². The zero-order valence-electron chi connectivity index (χ0n) is 13.7. The van der Waals surface area contributed by atoms with Crippen molar-refractivity contribution < 1.29 is 0 Å². The molecule has 118 valence electrons. The monoisotopic (exact) mass is 280 g/mol. The third-order valence-corrected chi connectivity index (χ3v) is 5.41. The summed E-state index contributed by atoms with van der Waals surface area (Å²) in [5.74, 6) is 0. The zero-order chi connectivity index (χ0) is 14.2. The van der Waals surface area contributed by atoms with Crippen molar-refractivity contribution in [3.8, 4) is 0 Å². The van der Waals surface area contributed by atoms with Crippen molar-refractivity contribution in [1.82, 2.24) is 4.90 Å². The molecular formula is C18H36N2. The van der Waals surface area contributed by atoms with Gasteiger partial charge in [0.05, 0.1) is 0 Å². The number of nitrogens with two attached hydrogens (primary N) is 1. The van der Waals surface area contributed by atoms with E-state index in [1.807, 2.05) is 0 Å². The van der Waals surface area contributed by atoms with Crippen molar-refractivity contribution in [2.75, 3.05) is 6.54 Å². The molecule has 2 saturated carbocycles. The Morgan fingerprint density at radius 3 is 1.80 bits per heavy atom. The van der Waals surface area contributed by atoms with Crippen LogP contribution < -0.4 is 5.73 Å². The molecule has 20 heavy (non-hydrogen) atoms. The second-order valence-electron chi connectivity index (χ2n) is 7.29. The second-order valence-corrected chi connectivity index (χ2v) is 7.29. The van der Waals surface area contributed by atoms with Gasteiger partial charge in [-0.15, -0.1) is 0 Å². The van der Waals surface area contributed by atoms with Gasteiger partial charge in [-0.2, -0.15) is 0 Å². The molecular weight excluding hydrogens is 244 g/mol. The van der Waals surface area contributed by atoms with Crippen molar-refractivity contribution in [3.05, 3.63) is 0 Å². The molecule has 0 aromatic rings. The molecule has 2 aliphatic carbocycles. The fourth-order valence-corrected chi connectivity index (χ4v) is 4.25. The van der Waals surface area contributed by atoms with E-state index in [9.17, 15) is 0 Å². The van der Waals surface area contributed by atoms with Gasteiger partial charge in [0.25, 0.3) is 0 Å². The van der Waals surface area contributed by atoms with E-state index >= 15 is 0 Å². The average molecular weight is 280 g/mol. The van der Waals surface area contributed by atoms with Gasteiger partial charge in [-0.05, 0) is 52.0 Å². The molecule has 0 bridgehead atoms. The van der Waals surface area contributed by atoms with E-state index in [0.717, 1.165) is 12.1 Å². The van der Waals surface area contributed by atoms with E-state index in [4.69, 9.17) is 5.73 Å². The summed E-state index contributed by atoms with van der Waals surface area (Å²) in [7, 11) is 0. The summed E-state index contributed by atoms with van der Waals surface area (Å²) in [4.78, 5) is 2.93. The van der Waals surface area contributed by atoms with Crippen molar-refractivity contribution in [2.24, 2.45) is 5.73 Å². The fourth-order valence-electron chi connectivity index (χ4n) is 4.25. The molecule has 1 unspecified atom stereocenters. The smallest absolute Gasteiger partial charge is 0.00981 e. The van der Waals surface area contributed by atoms with E-state index in [1.54, 1.807) is 0 Å². The van der Waals surface area contributed by atoms with Gasteiger partial charge in [0.2, 0.25) is 0 Å². The minimum Gasteiger partial charge on any atom is -0.328 e. The molecule has 2 aliphatic rings. The third kappa shape index (κ3) is 5.37. The number of unbranched alkanes of at least 4 members (excludes halogenated alkanes) is 1. The highest BCUT2D eigenvalue weighted by atomic mass is 15.2.